The van der Waals surface area contributed by atoms with Crippen molar-refractivity contribution in [1.29, 1.82) is 0 Å². The summed E-state index contributed by atoms with van der Waals surface area (Å²) in [6, 6.07) is 10.7. The number of methoxy groups -OCH3 is 2. The van der Waals surface area contributed by atoms with Crippen molar-refractivity contribution in [2.24, 2.45) is 0 Å². The number of hydrogen-bond acceptors (Lipinski definition) is 7. The largest absolute Gasteiger partial charge is 0.497 e. The van der Waals surface area contributed by atoms with Crippen molar-refractivity contribution in [3.8, 4) is 11.5 Å². The molecule has 0 bridgehead atoms. The maximum Gasteiger partial charge on any atom is 0.338 e. The van der Waals surface area contributed by atoms with Crippen LogP contribution in [0.15, 0.2) is 47.4 Å². The molecule has 2 aromatic carbocycles. The number of hydrogen-bond donors (Lipinski definition) is 1. The first-order valence-corrected chi connectivity index (χ1v) is 12.1. The maximum absolute atomic E-state index is 13.2. The predicted octanol–water partition coefficient (Wildman–Crippen LogP) is 3.06. The minimum absolute atomic E-state index is 0.0152. The fourth-order valence-corrected chi connectivity index (χ4v) is 5.21. The highest BCUT2D eigenvalue weighted by Crippen LogP contribution is 2.29. The maximum atomic E-state index is 13.2. The van der Waals surface area contributed by atoms with E-state index < -0.39 is 28.5 Å². The molecule has 10 heteroatoms. The molecule has 0 aromatic heterocycles. The molecular weight excluding hydrogens is 448 g/mol. The van der Waals surface area contributed by atoms with Crippen LogP contribution in [0.5, 0.6) is 11.5 Å². The van der Waals surface area contributed by atoms with Crippen molar-refractivity contribution in [3.63, 3.8) is 0 Å². The summed E-state index contributed by atoms with van der Waals surface area (Å²) in [5.74, 6) is -0.549. The van der Waals surface area contributed by atoms with Crippen LogP contribution in [-0.4, -0.2) is 58.5 Å². The number of nitrogens with zero attached hydrogens (tertiary/aromatic N) is 1. The molecule has 0 unspecified atom stereocenters. The van der Waals surface area contributed by atoms with Gasteiger partial charge in [0.05, 0.1) is 19.8 Å². The van der Waals surface area contributed by atoms with Gasteiger partial charge < -0.3 is 19.5 Å². The molecule has 0 spiro atoms. The van der Waals surface area contributed by atoms with Gasteiger partial charge in [-0.3, -0.25) is 4.79 Å². The summed E-state index contributed by atoms with van der Waals surface area (Å²) in [7, 11) is -0.939. The lowest BCUT2D eigenvalue weighted by Crippen LogP contribution is -2.32. The number of rotatable bonds is 8. The van der Waals surface area contributed by atoms with Gasteiger partial charge in [-0.2, -0.15) is 4.31 Å². The van der Waals surface area contributed by atoms with E-state index in [1.165, 1.54) is 36.7 Å². The Kier molecular flexibility index (Phi) is 8.29. The summed E-state index contributed by atoms with van der Waals surface area (Å²) in [4.78, 5) is 24.6. The van der Waals surface area contributed by atoms with E-state index in [4.69, 9.17) is 14.2 Å². The van der Waals surface area contributed by atoms with Gasteiger partial charge in [-0.05, 0) is 55.3 Å². The fourth-order valence-electron chi connectivity index (χ4n) is 3.51. The lowest BCUT2D eigenvalue weighted by molar-refractivity contribution is -0.119. The first-order chi connectivity index (χ1) is 15.8. The Labute approximate surface area is 193 Å². The van der Waals surface area contributed by atoms with Gasteiger partial charge in [0.1, 0.15) is 16.4 Å². The van der Waals surface area contributed by atoms with Crippen LogP contribution in [0.4, 0.5) is 5.69 Å². The van der Waals surface area contributed by atoms with Crippen LogP contribution in [0.2, 0.25) is 0 Å². The van der Waals surface area contributed by atoms with Crippen molar-refractivity contribution < 1.29 is 32.2 Å². The van der Waals surface area contributed by atoms with E-state index >= 15 is 0 Å². The summed E-state index contributed by atoms with van der Waals surface area (Å²) in [6.07, 6.45) is 3.53. The number of benzene rings is 2. The summed E-state index contributed by atoms with van der Waals surface area (Å²) < 4.78 is 43.3. The van der Waals surface area contributed by atoms with E-state index in [1.807, 2.05) is 0 Å². The van der Waals surface area contributed by atoms with Crippen molar-refractivity contribution in [2.75, 3.05) is 39.2 Å². The molecule has 0 aliphatic carbocycles. The van der Waals surface area contributed by atoms with E-state index in [-0.39, 0.29) is 16.2 Å². The minimum Gasteiger partial charge on any atom is -0.497 e. The molecule has 33 heavy (non-hydrogen) atoms. The molecular formula is C23H28N2O7S. The summed E-state index contributed by atoms with van der Waals surface area (Å²) in [5, 5.41) is 2.61. The summed E-state index contributed by atoms with van der Waals surface area (Å²) in [5.41, 5.74) is 0.536. The SMILES string of the molecule is COc1ccc(NC(=O)COC(=O)c2ccc(OC)c(S(=O)(=O)N3CCCCCC3)c2)cc1. The highest BCUT2D eigenvalue weighted by Gasteiger charge is 2.29. The molecule has 3 rings (SSSR count). The van der Waals surface area contributed by atoms with E-state index in [9.17, 15) is 18.0 Å². The van der Waals surface area contributed by atoms with Gasteiger partial charge in [0.15, 0.2) is 6.61 Å². The Balaban J connectivity index is 1.69. The molecule has 1 aliphatic rings. The highest BCUT2D eigenvalue weighted by atomic mass is 32.2. The monoisotopic (exact) mass is 476 g/mol. The number of carbonyl (C=O) groups is 2. The van der Waals surface area contributed by atoms with Crippen molar-refractivity contribution in [1.82, 2.24) is 4.31 Å². The molecule has 178 valence electrons. The average molecular weight is 477 g/mol. The number of sulfonamides is 1. The third kappa shape index (κ3) is 6.23. The Bertz CT molecular complexity index is 1080. The minimum atomic E-state index is -3.85. The Hall–Kier alpha value is -3.11. The van der Waals surface area contributed by atoms with Gasteiger partial charge in [0.25, 0.3) is 5.91 Å². The summed E-state index contributed by atoms with van der Waals surface area (Å²) in [6.45, 7) is 0.322. The number of nitrogens with one attached hydrogen (secondary N) is 1. The average Bonchev–Trinajstić information content (AvgIpc) is 3.13. The molecule has 2 aromatic rings. The van der Waals surface area contributed by atoms with E-state index in [2.05, 4.69) is 5.32 Å². The van der Waals surface area contributed by atoms with Crippen molar-refractivity contribution in [2.45, 2.75) is 30.6 Å². The van der Waals surface area contributed by atoms with Gasteiger partial charge in [-0.15, -0.1) is 0 Å². The second-order valence-corrected chi connectivity index (χ2v) is 9.44. The van der Waals surface area contributed by atoms with Crippen molar-refractivity contribution >= 4 is 27.6 Å². The van der Waals surface area contributed by atoms with Crippen LogP contribution in [0, 0.1) is 0 Å². The molecule has 1 saturated heterocycles. The first kappa shape index (κ1) is 24.5. The summed E-state index contributed by atoms with van der Waals surface area (Å²) >= 11 is 0. The van der Waals surface area contributed by atoms with Crippen LogP contribution in [0.3, 0.4) is 0 Å². The second-order valence-electron chi connectivity index (χ2n) is 7.54. The van der Waals surface area contributed by atoms with Gasteiger partial charge in [-0.25, -0.2) is 13.2 Å². The van der Waals surface area contributed by atoms with E-state index in [0.29, 0.717) is 24.5 Å². The highest BCUT2D eigenvalue weighted by molar-refractivity contribution is 7.89. The van der Waals surface area contributed by atoms with E-state index in [1.54, 1.807) is 24.3 Å². The van der Waals surface area contributed by atoms with Crippen LogP contribution in [-0.2, 0) is 19.6 Å². The molecule has 1 aliphatic heterocycles. The number of esters is 1. The van der Waals surface area contributed by atoms with Crippen LogP contribution in [0.1, 0.15) is 36.0 Å². The molecule has 9 nitrogen and oxygen atoms in total. The topological polar surface area (TPSA) is 111 Å². The molecule has 1 heterocycles. The second kappa shape index (κ2) is 11.2. The Morgan fingerprint density at radius 2 is 1.61 bits per heavy atom. The Morgan fingerprint density at radius 1 is 0.939 bits per heavy atom. The number of amides is 1. The zero-order valence-corrected chi connectivity index (χ0v) is 19.5. The quantitative estimate of drug-likeness (QED) is 0.583. The Morgan fingerprint density at radius 3 is 2.21 bits per heavy atom. The zero-order valence-electron chi connectivity index (χ0n) is 18.7. The van der Waals surface area contributed by atoms with Gasteiger partial charge in [-0.1, -0.05) is 12.8 Å². The zero-order chi connectivity index (χ0) is 23.8. The lowest BCUT2D eigenvalue weighted by atomic mass is 10.2. The molecule has 1 amide bonds. The number of carbonyl (C=O) groups excluding carboxylic acids is 2. The van der Waals surface area contributed by atoms with Crippen molar-refractivity contribution in [3.05, 3.63) is 48.0 Å². The number of ether oxygens (including phenoxy) is 3. The van der Waals surface area contributed by atoms with E-state index in [0.717, 1.165) is 25.7 Å². The van der Waals surface area contributed by atoms with Crippen LogP contribution < -0.4 is 14.8 Å². The normalized spacial score (nSPS) is 14.7. The van der Waals surface area contributed by atoms with Gasteiger partial charge >= 0.3 is 5.97 Å². The third-order valence-electron chi connectivity index (χ3n) is 5.29. The molecule has 1 N–H and O–H groups in total. The smallest absolute Gasteiger partial charge is 0.338 e. The third-order valence-corrected chi connectivity index (χ3v) is 7.21. The molecule has 0 radical (unpaired) electrons. The molecule has 0 atom stereocenters. The molecule has 1 fully saturated rings. The standard InChI is InChI=1S/C23H28N2O7S/c1-30-19-10-8-18(9-11-19)24-22(26)16-32-23(27)17-7-12-20(31-2)21(15-17)33(28,29)25-13-5-3-4-6-14-25/h7-12,15H,3-6,13-14,16H2,1-2H3,(H,24,26). The van der Waals surface area contributed by atoms with Crippen LogP contribution >= 0.6 is 0 Å². The fraction of sp³-hybridized carbons (Fsp3) is 0.391. The van der Waals surface area contributed by atoms with Crippen LogP contribution in [0.25, 0.3) is 0 Å². The van der Waals surface area contributed by atoms with Gasteiger partial charge in [0.2, 0.25) is 10.0 Å². The first-order valence-electron chi connectivity index (χ1n) is 10.6. The lowest BCUT2D eigenvalue weighted by Gasteiger charge is -2.21. The molecule has 0 saturated carbocycles. The van der Waals surface area contributed by atoms with Gasteiger partial charge in [0, 0.05) is 18.8 Å². The number of anilines is 1. The predicted molar refractivity (Wildman–Crippen MR) is 122 cm³/mol.